The zero-order chi connectivity index (χ0) is 22.9. The molecule has 9 nitrogen and oxygen atoms in total. The summed E-state index contributed by atoms with van der Waals surface area (Å²) < 4.78 is 28.2. The van der Waals surface area contributed by atoms with Crippen molar-refractivity contribution in [3.05, 3.63) is 84.3 Å². The smallest absolute Gasteiger partial charge is 0.290 e. The van der Waals surface area contributed by atoms with Gasteiger partial charge in [-0.3, -0.25) is 14.4 Å². The second-order valence-corrected chi connectivity index (χ2v) is 8.78. The molecule has 1 saturated heterocycles. The number of furan rings is 1. The second-order valence-electron chi connectivity index (χ2n) is 7.22. The number of primary sulfonamides is 1. The van der Waals surface area contributed by atoms with Crippen LogP contribution in [0.3, 0.4) is 0 Å². The van der Waals surface area contributed by atoms with Gasteiger partial charge in [0.1, 0.15) is 6.04 Å². The number of hydrogen-bond acceptors (Lipinski definition) is 6. The van der Waals surface area contributed by atoms with Crippen molar-refractivity contribution in [2.75, 3.05) is 4.90 Å². The first-order valence-corrected chi connectivity index (χ1v) is 11.2. The summed E-state index contributed by atoms with van der Waals surface area (Å²) in [4.78, 5) is 41.2. The van der Waals surface area contributed by atoms with Crippen LogP contribution in [0.5, 0.6) is 0 Å². The molecule has 164 valence electrons. The summed E-state index contributed by atoms with van der Waals surface area (Å²) in [6, 6.07) is 16.2. The van der Waals surface area contributed by atoms with E-state index in [0.29, 0.717) is 0 Å². The van der Waals surface area contributed by atoms with E-state index in [1.165, 1.54) is 41.5 Å². The molecule has 1 aliphatic rings. The van der Waals surface area contributed by atoms with Gasteiger partial charge in [0.15, 0.2) is 5.76 Å². The molecule has 0 bridgehead atoms. The minimum atomic E-state index is -3.92. The van der Waals surface area contributed by atoms with E-state index in [1.54, 1.807) is 6.07 Å². The number of carbonyl (C=O) groups excluding carboxylic acids is 3. The molecule has 4 rings (SSSR count). The molecule has 3 aromatic rings. The van der Waals surface area contributed by atoms with Crippen LogP contribution in [0, 0.1) is 0 Å². The van der Waals surface area contributed by atoms with Crippen molar-refractivity contribution in [2.24, 2.45) is 5.14 Å². The van der Waals surface area contributed by atoms with E-state index in [0.717, 1.165) is 10.5 Å². The Kier molecular flexibility index (Phi) is 5.64. The maximum Gasteiger partial charge on any atom is 0.290 e. The van der Waals surface area contributed by atoms with Crippen LogP contribution in [-0.2, 0) is 26.2 Å². The summed E-state index contributed by atoms with van der Waals surface area (Å²) in [7, 11) is -3.92. The fourth-order valence-corrected chi connectivity index (χ4v) is 4.08. The molecule has 2 N–H and O–H groups in total. The lowest BCUT2D eigenvalue weighted by molar-refractivity contribution is -0.122. The van der Waals surface area contributed by atoms with Crippen LogP contribution in [0.1, 0.15) is 22.5 Å². The zero-order valence-corrected chi connectivity index (χ0v) is 17.6. The van der Waals surface area contributed by atoms with E-state index in [2.05, 4.69) is 0 Å². The van der Waals surface area contributed by atoms with Crippen molar-refractivity contribution in [1.29, 1.82) is 0 Å². The van der Waals surface area contributed by atoms with Crippen LogP contribution in [0.15, 0.2) is 82.3 Å². The Balaban J connectivity index is 1.65. The zero-order valence-electron chi connectivity index (χ0n) is 16.7. The van der Waals surface area contributed by atoms with Gasteiger partial charge in [0.05, 0.1) is 23.3 Å². The molecule has 0 radical (unpaired) electrons. The molecular formula is C22H19N3O6S. The highest BCUT2D eigenvalue weighted by molar-refractivity contribution is 7.89. The number of nitrogens with zero attached hydrogens (tertiary/aromatic N) is 2. The van der Waals surface area contributed by atoms with E-state index in [1.807, 2.05) is 30.3 Å². The molecule has 0 saturated carbocycles. The first kappa shape index (κ1) is 21.5. The Morgan fingerprint density at radius 2 is 1.72 bits per heavy atom. The van der Waals surface area contributed by atoms with Crippen molar-refractivity contribution in [3.8, 4) is 0 Å². The molecule has 2 heterocycles. The summed E-state index contributed by atoms with van der Waals surface area (Å²) in [5.41, 5.74) is 0.976. The predicted molar refractivity (Wildman–Crippen MR) is 114 cm³/mol. The number of anilines is 1. The number of hydrogen-bond donors (Lipinski definition) is 1. The van der Waals surface area contributed by atoms with Crippen LogP contribution in [0.2, 0.25) is 0 Å². The van der Waals surface area contributed by atoms with Gasteiger partial charge in [-0.05, 0) is 42.0 Å². The number of rotatable bonds is 6. The van der Waals surface area contributed by atoms with Crippen LogP contribution < -0.4 is 10.0 Å². The molecule has 10 heteroatoms. The topological polar surface area (TPSA) is 131 Å². The maximum absolute atomic E-state index is 13.2. The molecule has 32 heavy (non-hydrogen) atoms. The lowest BCUT2D eigenvalue weighted by atomic mass is 10.1. The third-order valence-corrected chi connectivity index (χ3v) is 6.04. The molecule has 1 atom stereocenters. The maximum atomic E-state index is 13.2. The first-order valence-electron chi connectivity index (χ1n) is 9.64. The normalized spacial score (nSPS) is 16.4. The second kappa shape index (κ2) is 8.40. The first-order chi connectivity index (χ1) is 15.3. The highest BCUT2D eigenvalue weighted by Crippen LogP contribution is 2.28. The quantitative estimate of drug-likeness (QED) is 0.567. The van der Waals surface area contributed by atoms with Crippen LogP contribution >= 0.6 is 0 Å². The van der Waals surface area contributed by atoms with E-state index in [-0.39, 0.29) is 29.3 Å². The Hall–Kier alpha value is -3.76. The van der Waals surface area contributed by atoms with Gasteiger partial charge in [0, 0.05) is 6.54 Å². The Bertz CT molecular complexity index is 1250. The summed E-state index contributed by atoms with van der Waals surface area (Å²) in [5.74, 6) is -1.56. The van der Waals surface area contributed by atoms with Crippen molar-refractivity contribution in [1.82, 2.24) is 4.90 Å². The standard InChI is InChI=1S/C22H19N3O6S/c23-32(29,30)17-10-8-16(9-11-17)25-20(26)13-18(21(25)27)24(14-15-5-2-1-3-6-15)22(28)19-7-4-12-31-19/h1-12,18H,13-14H2,(H2,23,29,30). The Labute approximate surface area is 184 Å². The van der Waals surface area contributed by atoms with E-state index in [4.69, 9.17) is 9.56 Å². The van der Waals surface area contributed by atoms with Crippen molar-refractivity contribution in [3.63, 3.8) is 0 Å². The molecule has 0 aliphatic carbocycles. The fourth-order valence-electron chi connectivity index (χ4n) is 3.56. The number of sulfonamides is 1. The third kappa shape index (κ3) is 4.18. The van der Waals surface area contributed by atoms with Crippen molar-refractivity contribution < 1.29 is 27.2 Å². The molecule has 2 aromatic carbocycles. The van der Waals surface area contributed by atoms with Crippen LogP contribution in [0.4, 0.5) is 5.69 Å². The van der Waals surface area contributed by atoms with Gasteiger partial charge in [0.2, 0.25) is 15.9 Å². The Morgan fingerprint density at radius 1 is 1.03 bits per heavy atom. The third-order valence-electron chi connectivity index (χ3n) is 5.11. The fraction of sp³-hybridized carbons (Fsp3) is 0.136. The molecule has 0 spiro atoms. The molecule has 1 fully saturated rings. The van der Waals surface area contributed by atoms with E-state index in [9.17, 15) is 22.8 Å². The lowest BCUT2D eigenvalue weighted by Crippen LogP contribution is -2.45. The molecule has 1 aromatic heterocycles. The van der Waals surface area contributed by atoms with Crippen LogP contribution in [0.25, 0.3) is 0 Å². The van der Waals surface area contributed by atoms with Gasteiger partial charge in [-0.15, -0.1) is 0 Å². The largest absolute Gasteiger partial charge is 0.459 e. The number of benzene rings is 2. The molecule has 1 unspecified atom stereocenters. The van der Waals surface area contributed by atoms with Gasteiger partial charge in [-0.1, -0.05) is 30.3 Å². The minimum Gasteiger partial charge on any atom is -0.459 e. The minimum absolute atomic E-state index is 0.0529. The summed E-state index contributed by atoms with van der Waals surface area (Å²) in [6.07, 6.45) is 1.14. The van der Waals surface area contributed by atoms with Crippen molar-refractivity contribution in [2.45, 2.75) is 23.9 Å². The highest BCUT2D eigenvalue weighted by Gasteiger charge is 2.45. The molecule has 3 amide bonds. The molecular weight excluding hydrogens is 434 g/mol. The van der Waals surface area contributed by atoms with E-state index >= 15 is 0 Å². The number of nitrogens with two attached hydrogens (primary N) is 1. The lowest BCUT2D eigenvalue weighted by Gasteiger charge is -2.27. The van der Waals surface area contributed by atoms with Crippen molar-refractivity contribution >= 4 is 33.4 Å². The average molecular weight is 453 g/mol. The predicted octanol–water partition coefficient (Wildman–Crippen LogP) is 1.90. The average Bonchev–Trinajstić information content (AvgIpc) is 3.40. The monoisotopic (exact) mass is 453 g/mol. The highest BCUT2D eigenvalue weighted by atomic mass is 32.2. The number of imide groups is 1. The van der Waals surface area contributed by atoms with Gasteiger partial charge in [-0.25, -0.2) is 18.5 Å². The van der Waals surface area contributed by atoms with Gasteiger partial charge >= 0.3 is 0 Å². The molecule has 1 aliphatic heterocycles. The van der Waals surface area contributed by atoms with Gasteiger partial charge in [-0.2, -0.15) is 0 Å². The van der Waals surface area contributed by atoms with Gasteiger partial charge in [0.25, 0.3) is 11.8 Å². The number of carbonyl (C=O) groups is 3. The SMILES string of the molecule is NS(=O)(=O)c1ccc(N2C(=O)CC(N(Cc3ccccc3)C(=O)c3ccco3)C2=O)cc1. The number of amides is 3. The van der Waals surface area contributed by atoms with E-state index < -0.39 is 33.8 Å². The summed E-state index contributed by atoms with van der Waals surface area (Å²) in [5, 5.41) is 5.10. The summed E-state index contributed by atoms with van der Waals surface area (Å²) >= 11 is 0. The van der Waals surface area contributed by atoms with Gasteiger partial charge < -0.3 is 9.32 Å². The summed E-state index contributed by atoms with van der Waals surface area (Å²) in [6.45, 7) is 0.0995. The van der Waals surface area contributed by atoms with Crippen LogP contribution in [-0.4, -0.2) is 37.1 Å². The Morgan fingerprint density at radius 3 is 2.31 bits per heavy atom.